The molecule has 3 atom stereocenters. The number of carbonyl (C=O) groups excluding carboxylic acids is 2. The van der Waals surface area contributed by atoms with Gasteiger partial charge in [0.05, 0.1) is 23.5 Å². The second-order valence-electron chi connectivity index (χ2n) is 9.11. The topological polar surface area (TPSA) is 104 Å². The highest BCUT2D eigenvalue weighted by atomic mass is 19.1. The zero-order valence-electron chi connectivity index (χ0n) is 20.6. The van der Waals surface area contributed by atoms with Crippen LogP contribution in [0.3, 0.4) is 0 Å². The lowest BCUT2D eigenvalue weighted by Crippen LogP contribution is -2.53. The summed E-state index contributed by atoms with van der Waals surface area (Å²) >= 11 is 0. The van der Waals surface area contributed by atoms with Gasteiger partial charge in [-0.25, -0.2) is 4.39 Å². The van der Waals surface area contributed by atoms with Crippen molar-refractivity contribution in [2.45, 2.75) is 70.4 Å². The molecule has 8 heteroatoms. The Hall–Kier alpha value is -3.13. The van der Waals surface area contributed by atoms with Gasteiger partial charge in [0, 0.05) is 18.2 Å². The number of halogens is 1. The van der Waals surface area contributed by atoms with Crippen LogP contribution in [0.1, 0.15) is 64.0 Å². The number of nitrogens with one attached hydrogen (secondary N) is 3. The molecule has 0 bridgehead atoms. The molecule has 2 aromatic rings. The number of ether oxygens (including phenoxy) is 1. The largest absolute Gasteiger partial charge is 0.457 e. The highest BCUT2D eigenvalue weighted by Gasteiger charge is 2.36. The van der Waals surface area contributed by atoms with E-state index in [4.69, 9.17) is 10.1 Å². The summed E-state index contributed by atoms with van der Waals surface area (Å²) < 4.78 is 19.0. The second-order valence-corrected chi connectivity index (χ2v) is 9.11. The van der Waals surface area contributed by atoms with Crippen LogP contribution in [0.15, 0.2) is 42.6 Å². The highest BCUT2D eigenvalue weighted by molar-refractivity contribution is 6.42. The molecule has 1 amide bonds. The highest BCUT2D eigenvalue weighted by Crippen LogP contribution is 2.30. The molecule has 35 heavy (non-hydrogen) atoms. The minimum Gasteiger partial charge on any atom is -0.457 e. The van der Waals surface area contributed by atoms with Gasteiger partial charge in [-0.15, -0.1) is 0 Å². The number of nitrogens with zero attached hydrogens (tertiary/aromatic N) is 1. The molecule has 1 aliphatic rings. The van der Waals surface area contributed by atoms with Gasteiger partial charge in [0.25, 0.3) is 0 Å². The Balaban J connectivity index is 1.81. The second kappa shape index (κ2) is 12.5. The molecule has 3 rings (SSSR count). The van der Waals surface area contributed by atoms with Crippen LogP contribution in [0.5, 0.6) is 11.5 Å². The Morgan fingerprint density at radius 3 is 2.46 bits per heavy atom. The average Bonchev–Trinajstić information content (AvgIpc) is 2.88. The third-order valence-corrected chi connectivity index (χ3v) is 6.71. The summed E-state index contributed by atoms with van der Waals surface area (Å²) in [7, 11) is 1.70. The van der Waals surface area contributed by atoms with E-state index < -0.39 is 18.0 Å². The van der Waals surface area contributed by atoms with Crippen molar-refractivity contribution in [2.24, 2.45) is 5.92 Å². The molecule has 1 heterocycles. The predicted molar refractivity (Wildman–Crippen MR) is 134 cm³/mol. The Morgan fingerprint density at radius 1 is 1.14 bits per heavy atom. The van der Waals surface area contributed by atoms with Crippen molar-refractivity contribution in [3.8, 4) is 11.5 Å². The summed E-state index contributed by atoms with van der Waals surface area (Å²) in [5.74, 6) is -0.513. The number of Topliss-reactive ketones (excluding diaryl/α,β-unsaturated/α-hetero) is 1. The number of likely N-dealkylation sites (N-methyl/N-ethyl adjacent to an activating group) is 1. The third kappa shape index (κ3) is 6.94. The summed E-state index contributed by atoms with van der Waals surface area (Å²) in [6.45, 7) is 3.65. The molecule has 0 spiro atoms. The fourth-order valence-electron chi connectivity index (χ4n) is 4.50. The number of amides is 1. The Bertz CT molecular complexity index is 1020. The van der Waals surface area contributed by atoms with Crippen LogP contribution in [-0.4, -0.2) is 41.5 Å². The van der Waals surface area contributed by atoms with E-state index in [2.05, 4.69) is 15.6 Å². The Kier molecular flexibility index (Phi) is 9.48. The molecule has 1 saturated carbocycles. The minimum atomic E-state index is -0.723. The van der Waals surface area contributed by atoms with Gasteiger partial charge in [-0.05, 0) is 69.5 Å². The van der Waals surface area contributed by atoms with Crippen LogP contribution in [0, 0.1) is 17.1 Å². The van der Waals surface area contributed by atoms with Crippen molar-refractivity contribution in [1.82, 2.24) is 15.6 Å². The number of ketones is 1. The quantitative estimate of drug-likeness (QED) is 0.400. The maximum Gasteiger partial charge on any atom is 0.237 e. The summed E-state index contributed by atoms with van der Waals surface area (Å²) in [4.78, 5) is 30.7. The van der Waals surface area contributed by atoms with E-state index in [0.29, 0.717) is 23.6 Å². The molecule has 3 N–H and O–H groups in total. The van der Waals surface area contributed by atoms with Gasteiger partial charge in [-0.3, -0.25) is 14.6 Å². The lowest BCUT2D eigenvalue weighted by Gasteiger charge is -2.31. The first-order chi connectivity index (χ1) is 16.8. The van der Waals surface area contributed by atoms with Crippen molar-refractivity contribution in [3.05, 3.63) is 54.1 Å². The predicted octanol–water partition coefficient (Wildman–Crippen LogP) is 4.77. The summed E-state index contributed by atoms with van der Waals surface area (Å²) in [6, 6.07) is 7.91. The summed E-state index contributed by atoms with van der Waals surface area (Å²) in [5, 5.41) is 14.6. The average molecular weight is 483 g/mol. The molecule has 0 aliphatic heterocycles. The smallest absolute Gasteiger partial charge is 0.237 e. The zero-order chi connectivity index (χ0) is 25.4. The van der Waals surface area contributed by atoms with Gasteiger partial charge in [0.15, 0.2) is 5.78 Å². The Labute approximate surface area is 206 Å². The van der Waals surface area contributed by atoms with E-state index in [0.717, 1.165) is 32.1 Å². The number of carbonyl (C=O) groups is 2. The molecule has 1 aromatic heterocycles. The lowest BCUT2D eigenvalue weighted by atomic mass is 9.79. The Morgan fingerprint density at radius 2 is 1.83 bits per heavy atom. The molecule has 0 radical (unpaired) electrons. The lowest BCUT2D eigenvalue weighted by molar-refractivity contribution is -0.127. The molecule has 7 nitrogen and oxygen atoms in total. The van der Waals surface area contributed by atoms with Crippen LogP contribution in [0.4, 0.5) is 4.39 Å². The number of aromatic nitrogens is 1. The molecule has 0 saturated heterocycles. The van der Waals surface area contributed by atoms with Crippen molar-refractivity contribution in [2.75, 3.05) is 7.05 Å². The molecular formula is C27H35FN4O3. The maximum absolute atomic E-state index is 13.6. The standard InChI is InChI=1S/C27H35FN4O3/c1-4-22(23-16-21(14-15-31-23)35-20-12-10-19(28)11-13-20)24(29)26(33)25(18-8-6-5-7-9-18)32-27(34)17(2)30-3/h10-18,22,25,29-30H,4-9H2,1-3H3,(H,32,34)/t17-,22-,25-/m0/s1. The van der Waals surface area contributed by atoms with Crippen LogP contribution in [-0.2, 0) is 9.59 Å². The molecule has 1 aliphatic carbocycles. The van der Waals surface area contributed by atoms with Crippen molar-refractivity contribution in [1.29, 1.82) is 5.41 Å². The van der Waals surface area contributed by atoms with Gasteiger partial charge >= 0.3 is 0 Å². The number of hydrogen-bond acceptors (Lipinski definition) is 6. The summed E-state index contributed by atoms with van der Waals surface area (Å²) in [6.07, 6.45) is 6.93. The van der Waals surface area contributed by atoms with Gasteiger partial charge in [0.2, 0.25) is 5.91 Å². The van der Waals surface area contributed by atoms with E-state index in [1.165, 1.54) is 24.3 Å². The van der Waals surface area contributed by atoms with Crippen LogP contribution in [0.25, 0.3) is 0 Å². The SMILES string of the molecule is CC[C@H](C(=N)C(=O)[C@@H](NC(=O)[C@H](C)NC)C1CCCCC1)c1cc(Oc2ccc(F)cc2)ccn1. The monoisotopic (exact) mass is 482 g/mol. The van der Waals surface area contributed by atoms with Crippen molar-refractivity contribution >= 4 is 17.4 Å². The van der Waals surface area contributed by atoms with Gasteiger partial charge < -0.3 is 20.8 Å². The summed E-state index contributed by atoms with van der Waals surface area (Å²) in [5.41, 5.74) is 0.481. The first-order valence-corrected chi connectivity index (χ1v) is 12.3. The fraction of sp³-hybridized carbons (Fsp3) is 0.481. The number of benzene rings is 1. The normalized spacial score (nSPS) is 16.7. The number of hydrogen-bond donors (Lipinski definition) is 3. The van der Waals surface area contributed by atoms with E-state index in [1.54, 1.807) is 32.3 Å². The molecule has 188 valence electrons. The van der Waals surface area contributed by atoms with Gasteiger partial charge in [0.1, 0.15) is 17.3 Å². The first-order valence-electron chi connectivity index (χ1n) is 12.3. The van der Waals surface area contributed by atoms with E-state index in [-0.39, 0.29) is 29.1 Å². The van der Waals surface area contributed by atoms with Crippen LogP contribution in [0.2, 0.25) is 0 Å². The van der Waals surface area contributed by atoms with Gasteiger partial charge in [-0.2, -0.15) is 0 Å². The maximum atomic E-state index is 13.6. The first kappa shape index (κ1) is 26.5. The van der Waals surface area contributed by atoms with E-state index in [1.807, 2.05) is 6.92 Å². The minimum absolute atomic E-state index is 0.0169. The molecule has 0 unspecified atom stereocenters. The van der Waals surface area contributed by atoms with Gasteiger partial charge in [-0.1, -0.05) is 26.2 Å². The van der Waals surface area contributed by atoms with Crippen molar-refractivity contribution < 1.29 is 18.7 Å². The number of pyridine rings is 1. The van der Waals surface area contributed by atoms with Crippen LogP contribution < -0.4 is 15.4 Å². The van der Waals surface area contributed by atoms with E-state index >= 15 is 0 Å². The zero-order valence-corrected chi connectivity index (χ0v) is 20.6. The molecular weight excluding hydrogens is 447 g/mol. The van der Waals surface area contributed by atoms with Crippen molar-refractivity contribution in [3.63, 3.8) is 0 Å². The van der Waals surface area contributed by atoms with E-state index in [9.17, 15) is 14.0 Å². The number of rotatable bonds is 11. The fourth-order valence-corrected chi connectivity index (χ4v) is 4.50. The molecule has 1 aromatic carbocycles. The molecule has 1 fully saturated rings. The third-order valence-electron chi connectivity index (χ3n) is 6.71. The van der Waals surface area contributed by atoms with Crippen LogP contribution >= 0.6 is 0 Å².